The molecule has 0 spiro atoms. The lowest BCUT2D eigenvalue weighted by Gasteiger charge is -2.12. The molecule has 25 heavy (non-hydrogen) atoms. The second kappa shape index (κ2) is 7.68. The number of nitrogens with zero attached hydrogens (tertiary/aromatic N) is 1. The van der Waals surface area contributed by atoms with Gasteiger partial charge < -0.3 is 4.74 Å². The summed E-state index contributed by atoms with van der Waals surface area (Å²) in [7, 11) is 1.49. The van der Waals surface area contributed by atoms with Crippen LogP contribution in [0.1, 0.15) is 11.1 Å². The van der Waals surface area contributed by atoms with Crippen LogP contribution in [0, 0.1) is 10.1 Å². The third kappa shape index (κ3) is 4.81. The molecule has 0 aliphatic carbocycles. The highest BCUT2D eigenvalue weighted by molar-refractivity contribution is 6.32. The normalized spacial score (nSPS) is 11.4. The summed E-state index contributed by atoms with van der Waals surface area (Å²) in [6.07, 6.45) is -4.52. The third-order valence-electron chi connectivity index (χ3n) is 3.11. The lowest BCUT2D eigenvalue weighted by molar-refractivity contribution is -0.386. The van der Waals surface area contributed by atoms with E-state index in [2.05, 4.69) is 5.48 Å². The fourth-order valence-corrected chi connectivity index (χ4v) is 2.18. The average molecular weight is 377 g/mol. The van der Waals surface area contributed by atoms with E-state index in [4.69, 9.17) is 21.2 Å². The van der Waals surface area contributed by atoms with E-state index in [0.29, 0.717) is 0 Å². The smallest absolute Gasteiger partial charge is 0.416 e. The first-order chi connectivity index (χ1) is 11.7. The standard InChI is InChI=1S/C15H12ClF3N2O4/c1-20-24-8-9-6-11(3-4-13(9)21(22)23)25-14-5-2-10(7-12(14)16)15(17,18)19/h2-7,20H,8H2,1H3. The summed E-state index contributed by atoms with van der Waals surface area (Å²) >= 11 is 5.82. The quantitative estimate of drug-likeness (QED) is 0.583. The molecule has 0 aromatic heterocycles. The van der Waals surface area contributed by atoms with Crippen molar-refractivity contribution in [2.75, 3.05) is 7.05 Å². The van der Waals surface area contributed by atoms with Crippen LogP contribution in [0.4, 0.5) is 18.9 Å². The van der Waals surface area contributed by atoms with E-state index in [0.717, 1.165) is 18.2 Å². The predicted molar refractivity (Wildman–Crippen MR) is 83.5 cm³/mol. The number of nitro benzene ring substituents is 1. The van der Waals surface area contributed by atoms with E-state index < -0.39 is 16.7 Å². The summed E-state index contributed by atoms with van der Waals surface area (Å²) in [6, 6.07) is 6.53. The SMILES string of the molecule is CNOCc1cc(Oc2ccc(C(F)(F)F)cc2Cl)ccc1[N+](=O)[O-]. The topological polar surface area (TPSA) is 73.6 Å². The van der Waals surface area contributed by atoms with Crippen LogP contribution in [0.2, 0.25) is 5.02 Å². The van der Waals surface area contributed by atoms with Crippen LogP contribution >= 0.6 is 11.6 Å². The fourth-order valence-electron chi connectivity index (χ4n) is 1.96. The molecule has 1 N–H and O–H groups in total. The molecule has 10 heteroatoms. The Balaban J connectivity index is 2.29. The number of hydrogen-bond acceptors (Lipinski definition) is 5. The van der Waals surface area contributed by atoms with Gasteiger partial charge in [0.25, 0.3) is 5.69 Å². The highest BCUT2D eigenvalue weighted by Crippen LogP contribution is 2.37. The van der Waals surface area contributed by atoms with Crippen molar-refractivity contribution in [3.8, 4) is 11.5 Å². The van der Waals surface area contributed by atoms with Gasteiger partial charge in [-0.05, 0) is 30.3 Å². The first-order valence-electron chi connectivity index (χ1n) is 6.83. The zero-order valence-electron chi connectivity index (χ0n) is 12.8. The van der Waals surface area contributed by atoms with Gasteiger partial charge in [-0.1, -0.05) is 11.6 Å². The summed E-state index contributed by atoms with van der Waals surface area (Å²) in [4.78, 5) is 15.4. The molecular formula is C15H12ClF3N2O4. The Kier molecular flexibility index (Phi) is 5.83. The van der Waals surface area contributed by atoms with Crippen LogP contribution in [0.5, 0.6) is 11.5 Å². The minimum absolute atomic E-state index is 0.0102. The van der Waals surface area contributed by atoms with Crippen LogP contribution in [0.15, 0.2) is 36.4 Å². The number of hydrogen-bond donors (Lipinski definition) is 1. The van der Waals surface area contributed by atoms with Crippen LogP contribution < -0.4 is 10.2 Å². The number of benzene rings is 2. The monoisotopic (exact) mass is 376 g/mol. The molecule has 0 saturated carbocycles. The Morgan fingerprint density at radius 1 is 1.24 bits per heavy atom. The Morgan fingerprint density at radius 3 is 2.52 bits per heavy atom. The summed E-state index contributed by atoms with van der Waals surface area (Å²) in [5.41, 5.74) is 1.53. The molecule has 2 aromatic carbocycles. The van der Waals surface area contributed by atoms with E-state index in [1.165, 1.54) is 25.2 Å². The van der Waals surface area contributed by atoms with Crippen LogP contribution in [-0.4, -0.2) is 12.0 Å². The number of rotatable bonds is 6. The molecule has 0 saturated heterocycles. The molecule has 6 nitrogen and oxygen atoms in total. The molecule has 2 aromatic rings. The number of nitrogens with one attached hydrogen (secondary N) is 1. The molecule has 0 bridgehead atoms. The number of ether oxygens (including phenoxy) is 1. The Bertz CT molecular complexity index is 784. The highest BCUT2D eigenvalue weighted by Gasteiger charge is 2.31. The summed E-state index contributed by atoms with van der Waals surface area (Å²) in [6.45, 7) is -0.106. The summed E-state index contributed by atoms with van der Waals surface area (Å²) in [5, 5.41) is 10.8. The fraction of sp³-hybridized carbons (Fsp3) is 0.200. The minimum atomic E-state index is -4.52. The average Bonchev–Trinajstić information content (AvgIpc) is 2.53. The van der Waals surface area contributed by atoms with E-state index in [9.17, 15) is 23.3 Å². The van der Waals surface area contributed by atoms with Gasteiger partial charge >= 0.3 is 6.18 Å². The molecule has 0 aliphatic rings. The zero-order chi connectivity index (χ0) is 18.6. The molecule has 2 rings (SSSR count). The summed E-state index contributed by atoms with van der Waals surface area (Å²) in [5.74, 6) is 0.158. The van der Waals surface area contributed by atoms with Crippen molar-refractivity contribution in [2.24, 2.45) is 0 Å². The van der Waals surface area contributed by atoms with Gasteiger partial charge in [0.15, 0.2) is 0 Å². The van der Waals surface area contributed by atoms with Crippen molar-refractivity contribution >= 4 is 17.3 Å². The first-order valence-corrected chi connectivity index (χ1v) is 7.20. The molecule has 0 unspecified atom stereocenters. The molecule has 0 atom stereocenters. The van der Waals surface area contributed by atoms with Crippen LogP contribution in [0.3, 0.4) is 0 Å². The highest BCUT2D eigenvalue weighted by atomic mass is 35.5. The predicted octanol–water partition coefficient (Wildman–Crippen LogP) is 4.71. The van der Waals surface area contributed by atoms with Gasteiger partial charge in [0.05, 0.1) is 21.1 Å². The maximum atomic E-state index is 12.6. The maximum Gasteiger partial charge on any atom is 0.416 e. The van der Waals surface area contributed by atoms with Crippen molar-refractivity contribution in [2.45, 2.75) is 12.8 Å². The molecular weight excluding hydrogens is 365 g/mol. The number of alkyl halides is 3. The second-order valence-electron chi connectivity index (χ2n) is 4.79. The van der Waals surface area contributed by atoms with E-state index in [1.807, 2.05) is 0 Å². The number of halogens is 4. The van der Waals surface area contributed by atoms with Gasteiger partial charge in [-0.3, -0.25) is 15.0 Å². The minimum Gasteiger partial charge on any atom is -0.456 e. The molecule has 0 amide bonds. The van der Waals surface area contributed by atoms with Crippen molar-refractivity contribution in [3.05, 3.63) is 62.7 Å². The molecule has 0 fully saturated rings. The van der Waals surface area contributed by atoms with Crippen molar-refractivity contribution in [1.82, 2.24) is 5.48 Å². The largest absolute Gasteiger partial charge is 0.456 e. The molecule has 0 radical (unpaired) electrons. The van der Waals surface area contributed by atoms with Gasteiger partial charge in [0.2, 0.25) is 0 Å². The number of hydroxylamine groups is 1. The Labute approximate surface area is 145 Å². The molecule has 134 valence electrons. The lowest BCUT2D eigenvalue weighted by atomic mass is 10.2. The Morgan fingerprint density at radius 2 is 1.96 bits per heavy atom. The Hall–Kier alpha value is -2.36. The third-order valence-corrected chi connectivity index (χ3v) is 3.40. The van der Waals surface area contributed by atoms with Gasteiger partial charge in [0.1, 0.15) is 18.1 Å². The van der Waals surface area contributed by atoms with Gasteiger partial charge in [-0.2, -0.15) is 13.2 Å². The maximum absolute atomic E-state index is 12.6. The molecule has 0 heterocycles. The zero-order valence-corrected chi connectivity index (χ0v) is 13.5. The van der Waals surface area contributed by atoms with E-state index >= 15 is 0 Å². The second-order valence-corrected chi connectivity index (χ2v) is 5.19. The van der Waals surface area contributed by atoms with Crippen LogP contribution in [0.25, 0.3) is 0 Å². The van der Waals surface area contributed by atoms with Gasteiger partial charge in [-0.25, -0.2) is 5.48 Å². The van der Waals surface area contributed by atoms with Gasteiger partial charge in [-0.15, -0.1) is 0 Å². The summed E-state index contributed by atoms with van der Waals surface area (Å²) < 4.78 is 43.3. The molecule has 0 aliphatic heterocycles. The van der Waals surface area contributed by atoms with E-state index in [1.54, 1.807) is 0 Å². The van der Waals surface area contributed by atoms with Crippen molar-refractivity contribution in [3.63, 3.8) is 0 Å². The van der Waals surface area contributed by atoms with Crippen LogP contribution in [-0.2, 0) is 17.6 Å². The number of nitro groups is 1. The van der Waals surface area contributed by atoms with Gasteiger partial charge in [0, 0.05) is 13.1 Å². The lowest BCUT2D eigenvalue weighted by Crippen LogP contribution is -2.08. The van der Waals surface area contributed by atoms with E-state index in [-0.39, 0.29) is 34.4 Å². The first kappa shape index (κ1) is 19.0. The van der Waals surface area contributed by atoms with Crippen molar-refractivity contribution in [1.29, 1.82) is 0 Å². The van der Waals surface area contributed by atoms with Crippen molar-refractivity contribution < 1.29 is 27.7 Å².